The van der Waals surface area contributed by atoms with Crippen LogP contribution in [-0.4, -0.2) is 5.60 Å². The molecule has 1 fully saturated rings. The Labute approximate surface area is 105 Å². The van der Waals surface area contributed by atoms with Crippen molar-refractivity contribution < 1.29 is 4.74 Å². The molecule has 0 amide bonds. The van der Waals surface area contributed by atoms with E-state index in [4.69, 9.17) is 4.74 Å². The Kier molecular flexibility index (Phi) is 3.20. The van der Waals surface area contributed by atoms with Crippen molar-refractivity contribution in [2.24, 2.45) is 0 Å². The predicted molar refractivity (Wildman–Crippen MR) is 72.9 cm³/mol. The smallest absolute Gasteiger partial charge is 0.120 e. The molecule has 1 aromatic carbocycles. The third kappa shape index (κ3) is 3.24. The Bertz CT molecular complexity index is 394. The van der Waals surface area contributed by atoms with Gasteiger partial charge in [0.1, 0.15) is 11.4 Å². The van der Waals surface area contributed by atoms with Crippen LogP contribution in [0.4, 0.5) is 0 Å². The first-order chi connectivity index (χ1) is 7.87. The van der Waals surface area contributed by atoms with Crippen LogP contribution in [0.15, 0.2) is 18.2 Å². The second kappa shape index (κ2) is 4.36. The lowest BCUT2D eigenvalue weighted by Crippen LogP contribution is -2.23. The van der Waals surface area contributed by atoms with Crippen LogP contribution < -0.4 is 4.74 Å². The van der Waals surface area contributed by atoms with Crippen LogP contribution in [0.3, 0.4) is 0 Å². The van der Waals surface area contributed by atoms with Crippen molar-refractivity contribution in [1.82, 2.24) is 0 Å². The van der Waals surface area contributed by atoms with Crippen molar-refractivity contribution in [2.45, 2.75) is 64.9 Å². The first kappa shape index (κ1) is 12.5. The second-order valence-electron chi connectivity index (χ2n) is 6.43. The maximum Gasteiger partial charge on any atom is 0.120 e. The zero-order chi connectivity index (χ0) is 12.6. The van der Waals surface area contributed by atoms with Crippen molar-refractivity contribution in [2.75, 3.05) is 0 Å². The van der Waals surface area contributed by atoms with Crippen molar-refractivity contribution in [1.29, 1.82) is 0 Å². The van der Waals surface area contributed by atoms with E-state index in [1.807, 2.05) is 0 Å². The molecule has 0 aliphatic heterocycles. The average molecular weight is 232 g/mol. The van der Waals surface area contributed by atoms with Crippen molar-refractivity contribution in [3.8, 4) is 5.75 Å². The molecule has 2 rings (SSSR count). The Hall–Kier alpha value is -0.980. The molecular formula is C16H24O. The maximum absolute atomic E-state index is 5.96. The summed E-state index contributed by atoms with van der Waals surface area (Å²) in [5.41, 5.74) is 2.90. The maximum atomic E-state index is 5.96. The molecule has 94 valence electrons. The fourth-order valence-electron chi connectivity index (χ4n) is 2.24. The molecule has 0 saturated heterocycles. The van der Waals surface area contributed by atoms with E-state index < -0.39 is 0 Å². The number of rotatable bonds is 3. The third-order valence-corrected chi connectivity index (χ3v) is 3.12. The molecule has 0 bridgehead atoms. The first-order valence-corrected chi connectivity index (χ1v) is 6.69. The first-order valence-electron chi connectivity index (χ1n) is 6.69. The van der Waals surface area contributed by atoms with Gasteiger partial charge in [-0.05, 0) is 68.7 Å². The molecule has 0 heterocycles. The highest BCUT2D eigenvalue weighted by molar-refractivity contribution is 5.41. The Morgan fingerprint density at radius 3 is 2.29 bits per heavy atom. The zero-order valence-corrected chi connectivity index (χ0v) is 11.7. The molecule has 1 aliphatic rings. The third-order valence-electron chi connectivity index (χ3n) is 3.12. The highest BCUT2D eigenvalue weighted by Crippen LogP contribution is 2.44. The van der Waals surface area contributed by atoms with Crippen LogP contribution in [-0.2, 0) is 0 Å². The number of ether oxygens (including phenoxy) is 1. The summed E-state index contributed by atoms with van der Waals surface area (Å²) in [4.78, 5) is 0. The molecule has 0 aromatic heterocycles. The number of hydrogen-bond acceptors (Lipinski definition) is 1. The molecular weight excluding hydrogens is 208 g/mol. The summed E-state index contributed by atoms with van der Waals surface area (Å²) in [5, 5.41) is 0. The average Bonchev–Trinajstić information content (AvgIpc) is 2.97. The zero-order valence-electron chi connectivity index (χ0n) is 11.7. The second-order valence-corrected chi connectivity index (χ2v) is 6.43. The quantitative estimate of drug-likeness (QED) is 0.722. The summed E-state index contributed by atoms with van der Waals surface area (Å²) in [6.45, 7) is 10.8. The molecule has 17 heavy (non-hydrogen) atoms. The van der Waals surface area contributed by atoms with Crippen LogP contribution in [0, 0.1) is 0 Å². The van der Waals surface area contributed by atoms with Crippen molar-refractivity contribution in [3.05, 3.63) is 29.3 Å². The lowest BCUT2D eigenvalue weighted by Gasteiger charge is -2.23. The SMILES string of the molecule is CC(C)c1ccc(OC(C)(C)C)cc1C1CC1. The van der Waals surface area contributed by atoms with Gasteiger partial charge in [0, 0.05) is 0 Å². The molecule has 1 aliphatic carbocycles. The Morgan fingerprint density at radius 2 is 1.82 bits per heavy atom. The Balaban J connectivity index is 2.29. The predicted octanol–water partition coefficient (Wildman–Crippen LogP) is 4.86. The fourth-order valence-corrected chi connectivity index (χ4v) is 2.24. The van der Waals surface area contributed by atoms with Crippen LogP contribution >= 0.6 is 0 Å². The van der Waals surface area contributed by atoms with E-state index in [-0.39, 0.29) is 5.60 Å². The molecule has 0 unspecified atom stereocenters. The van der Waals surface area contributed by atoms with Gasteiger partial charge in [0.2, 0.25) is 0 Å². The Morgan fingerprint density at radius 1 is 1.18 bits per heavy atom. The van der Waals surface area contributed by atoms with Crippen LogP contribution in [0.25, 0.3) is 0 Å². The van der Waals surface area contributed by atoms with Gasteiger partial charge in [0.25, 0.3) is 0 Å². The standard InChI is InChI=1S/C16H24O/c1-11(2)14-9-8-13(17-16(3,4)5)10-15(14)12-6-7-12/h8-12H,6-7H2,1-5H3. The molecule has 0 atom stereocenters. The van der Waals surface area contributed by atoms with Gasteiger partial charge in [0.05, 0.1) is 0 Å². The molecule has 0 radical (unpaired) electrons. The van der Waals surface area contributed by atoms with Gasteiger partial charge in [-0.2, -0.15) is 0 Å². The van der Waals surface area contributed by atoms with Gasteiger partial charge in [-0.1, -0.05) is 19.9 Å². The van der Waals surface area contributed by atoms with E-state index in [1.165, 1.54) is 24.0 Å². The van der Waals surface area contributed by atoms with E-state index in [1.54, 1.807) is 0 Å². The van der Waals surface area contributed by atoms with Crippen LogP contribution in [0.2, 0.25) is 0 Å². The molecule has 1 nitrogen and oxygen atoms in total. The van der Waals surface area contributed by atoms with Gasteiger partial charge >= 0.3 is 0 Å². The van der Waals surface area contributed by atoms with E-state index >= 15 is 0 Å². The minimum Gasteiger partial charge on any atom is -0.488 e. The van der Waals surface area contributed by atoms with Gasteiger partial charge in [-0.25, -0.2) is 0 Å². The monoisotopic (exact) mass is 232 g/mol. The van der Waals surface area contributed by atoms with Crippen LogP contribution in [0.1, 0.15) is 70.4 Å². The summed E-state index contributed by atoms with van der Waals surface area (Å²) in [7, 11) is 0. The van der Waals surface area contributed by atoms with Gasteiger partial charge in [-0.15, -0.1) is 0 Å². The van der Waals surface area contributed by atoms with Gasteiger partial charge in [0.15, 0.2) is 0 Å². The minimum absolute atomic E-state index is 0.111. The van der Waals surface area contributed by atoms with E-state index in [0.29, 0.717) is 5.92 Å². The summed E-state index contributed by atoms with van der Waals surface area (Å²) in [6.07, 6.45) is 2.69. The highest BCUT2D eigenvalue weighted by Gasteiger charge is 2.27. The normalized spacial score (nSPS) is 16.4. The van der Waals surface area contributed by atoms with E-state index in [9.17, 15) is 0 Å². The van der Waals surface area contributed by atoms with Gasteiger partial charge < -0.3 is 4.74 Å². The lowest BCUT2D eigenvalue weighted by atomic mass is 9.94. The van der Waals surface area contributed by atoms with Gasteiger partial charge in [-0.3, -0.25) is 0 Å². The summed E-state index contributed by atoms with van der Waals surface area (Å²) < 4.78 is 5.96. The molecule has 0 spiro atoms. The number of hydrogen-bond donors (Lipinski definition) is 0. The van der Waals surface area contributed by atoms with Crippen LogP contribution in [0.5, 0.6) is 5.75 Å². The largest absolute Gasteiger partial charge is 0.488 e. The molecule has 0 N–H and O–H groups in total. The van der Waals surface area contributed by atoms with Crippen molar-refractivity contribution >= 4 is 0 Å². The van der Waals surface area contributed by atoms with Crippen molar-refractivity contribution in [3.63, 3.8) is 0 Å². The summed E-state index contributed by atoms with van der Waals surface area (Å²) in [6, 6.07) is 6.63. The highest BCUT2D eigenvalue weighted by atomic mass is 16.5. The number of benzene rings is 1. The molecule has 1 aromatic rings. The fraction of sp³-hybridized carbons (Fsp3) is 0.625. The van der Waals surface area contributed by atoms with E-state index in [2.05, 4.69) is 52.8 Å². The molecule has 1 heteroatoms. The molecule has 1 saturated carbocycles. The topological polar surface area (TPSA) is 9.23 Å². The lowest BCUT2D eigenvalue weighted by molar-refractivity contribution is 0.131. The van der Waals surface area contributed by atoms with E-state index in [0.717, 1.165) is 11.7 Å². The minimum atomic E-state index is -0.111. The summed E-state index contributed by atoms with van der Waals surface area (Å²) >= 11 is 0. The summed E-state index contributed by atoms with van der Waals surface area (Å²) in [5.74, 6) is 2.41.